The Kier molecular flexibility index (Phi) is 5.58. The summed E-state index contributed by atoms with van der Waals surface area (Å²) in [4.78, 5) is 2.26. The first-order valence-corrected chi connectivity index (χ1v) is 8.41. The molecule has 2 N–H and O–H groups in total. The number of rotatable bonds is 6. The van der Waals surface area contributed by atoms with Gasteiger partial charge in [0, 0.05) is 25.4 Å². The minimum absolute atomic E-state index is 0.0523. The van der Waals surface area contributed by atoms with Gasteiger partial charge in [-0.2, -0.15) is 0 Å². The molecule has 5 nitrogen and oxygen atoms in total. The van der Waals surface area contributed by atoms with E-state index in [4.69, 9.17) is 10.5 Å². The van der Waals surface area contributed by atoms with Gasteiger partial charge in [-0.25, -0.2) is 8.42 Å². The van der Waals surface area contributed by atoms with Gasteiger partial charge in [-0.1, -0.05) is 6.92 Å². The van der Waals surface area contributed by atoms with Crippen molar-refractivity contribution in [3.8, 4) is 0 Å². The maximum atomic E-state index is 11.4. The predicted molar refractivity (Wildman–Crippen MR) is 73.4 cm³/mol. The molecule has 0 aromatic rings. The average molecular weight is 278 g/mol. The molecule has 1 atom stereocenters. The molecule has 1 fully saturated rings. The third-order valence-electron chi connectivity index (χ3n) is 3.18. The molecule has 0 radical (unpaired) electrons. The number of hydrogen-bond donors (Lipinski definition) is 1. The Morgan fingerprint density at radius 1 is 1.44 bits per heavy atom. The quantitative estimate of drug-likeness (QED) is 0.754. The zero-order chi connectivity index (χ0) is 13.8. The Hall–Kier alpha value is -0.170. The Morgan fingerprint density at radius 2 is 2.11 bits per heavy atom. The van der Waals surface area contributed by atoms with Gasteiger partial charge in [0.05, 0.1) is 17.5 Å². The monoisotopic (exact) mass is 278 g/mol. The van der Waals surface area contributed by atoms with Crippen LogP contribution in [0.1, 0.15) is 27.2 Å². The summed E-state index contributed by atoms with van der Waals surface area (Å²) in [5, 5.41) is 0. The van der Waals surface area contributed by atoms with Gasteiger partial charge in [-0.15, -0.1) is 0 Å². The van der Waals surface area contributed by atoms with Crippen molar-refractivity contribution >= 4 is 9.84 Å². The average Bonchev–Trinajstić information content (AvgIpc) is 2.26. The van der Waals surface area contributed by atoms with Gasteiger partial charge in [-0.05, 0) is 26.8 Å². The van der Waals surface area contributed by atoms with Crippen molar-refractivity contribution in [2.24, 2.45) is 5.73 Å². The van der Waals surface area contributed by atoms with Crippen molar-refractivity contribution in [3.05, 3.63) is 0 Å². The molecule has 108 valence electrons. The van der Waals surface area contributed by atoms with Gasteiger partial charge in [0.1, 0.15) is 9.84 Å². The summed E-state index contributed by atoms with van der Waals surface area (Å²) in [6.07, 6.45) is 0.736. The zero-order valence-corrected chi connectivity index (χ0v) is 12.5. The van der Waals surface area contributed by atoms with Crippen molar-refractivity contribution in [1.82, 2.24) is 4.90 Å². The van der Waals surface area contributed by atoms with Gasteiger partial charge in [-0.3, -0.25) is 4.90 Å². The Labute approximate surface area is 111 Å². The fourth-order valence-corrected chi connectivity index (χ4v) is 3.22. The van der Waals surface area contributed by atoms with Crippen LogP contribution in [0.3, 0.4) is 0 Å². The van der Waals surface area contributed by atoms with Crippen LogP contribution in [0.25, 0.3) is 0 Å². The third-order valence-corrected chi connectivity index (χ3v) is 4.97. The summed E-state index contributed by atoms with van der Waals surface area (Å²) >= 11 is 0. The molecule has 0 aromatic heterocycles. The van der Waals surface area contributed by atoms with Gasteiger partial charge < -0.3 is 10.5 Å². The number of nitrogens with zero attached hydrogens (tertiary/aromatic N) is 1. The highest BCUT2D eigenvalue weighted by Crippen LogP contribution is 2.20. The van der Waals surface area contributed by atoms with Crippen molar-refractivity contribution in [2.75, 3.05) is 37.7 Å². The Bertz CT molecular complexity index is 354. The number of ether oxygens (including phenoxy) is 1. The van der Waals surface area contributed by atoms with Crippen LogP contribution in [0.5, 0.6) is 0 Å². The van der Waals surface area contributed by atoms with E-state index in [9.17, 15) is 8.42 Å². The highest BCUT2D eigenvalue weighted by molar-refractivity contribution is 7.91. The second-order valence-corrected chi connectivity index (χ2v) is 8.03. The molecule has 6 heteroatoms. The molecule has 0 amide bonds. The van der Waals surface area contributed by atoms with E-state index in [0.717, 1.165) is 19.6 Å². The molecular weight excluding hydrogens is 252 g/mol. The standard InChI is InChI=1S/C12H26N2O3S/c1-4-18(15,16)7-5-6-14-9-11(8-13)17-12(2,3)10-14/h11H,4-10,13H2,1-3H3. The van der Waals surface area contributed by atoms with Crippen LogP contribution in [-0.4, -0.2) is 62.7 Å². The minimum atomic E-state index is -2.85. The molecule has 1 aliphatic rings. The second kappa shape index (κ2) is 6.32. The van der Waals surface area contributed by atoms with Crippen molar-refractivity contribution in [3.63, 3.8) is 0 Å². The summed E-state index contributed by atoms with van der Waals surface area (Å²) in [7, 11) is -2.85. The lowest BCUT2D eigenvalue weighted by Crippen LogP contribution is -2.54. The van der Waals surface area contributed by atoms with E-state index in [1.807, 2.05) is 13.8 Å². The largest absolute Gasteiger partial charge is 0.368 e. The van der Waals surface area contributed by atoms with Gasteiger partial charge >= 0.3 is 0 Å². The molecule has 0 aromatic carbocycles. The molecule has 1 unspecified atom stereocenters. The highest BCUT2D eigenvalue weighted by Gasteiger charge is 2.32. The fraction of sp³-hybridized carbons (Fsp3) is 1.00. The molecule has 1 saturated heterocycles. The molecule has 1 heterocycles. The van der Waals surface area contributed by atoms with Crippen LogP contribution in [0.15, 0.2) is 0 Å². The number of sulfone groups is 1. The molecule has 18 heavy (non-hydrogen) atoms. The molecule has 0 spiro atoms. The van der Waals surface area contributed by atoms with E-state index in [1.54, 1.807) is 6.92 Å². The molecule has 1 aliphatic heterocycles. The molecule has 0 bridgehead atoms. The second-order valence-electron chi connectivity index (χ2n) is 5.56. The van der Waals surface area contributed by atoms with E-state index in [-0.39, 0.29) is 23.2 Å². The summed E-state index contributed by atoms with van der Waals surface area (Å²) < 4.78 is 28.7. The lowest BCUT2D eigenvalue weighted by Gasteiger charge is -2.42. The number of hydrogen-bond acceptors (Lipinski definition) is 5. The maximum Gasteiger partial charge on any atom is 0.150 e. The summed E-state index contributed by atoms with van der Waals surface area (Å²) in [6.45, 7) is 8.71. The first-order chi connectivity index (χ1) is 8.28. The minimum Gasteiger partial charge on any atom is -0.368 e. The zero-order valence-electron chi connectivity index (χ0n) is 11.7. The molecule has 0 aliphatic carbocycles. The lowest BCUT2D eigenvalue weighted by molar-refractivity contribution is -0.131. The van der Waals surface area contributed by atoms with Crippen LogP contribution < -0.4 is 5.73 Å². The van der Waals surface area contributed by atoms with Gasteiger partial charge in [0.25, 0.3) is 0 Å². The lowest BCUT2D eigenvalue weighted by atomic mass is 10.1. The van der Waals surface area contributed by atoms with Crippen LogP contribution in [0, 0.1) is 0 Å². The van der Waals surface area contributed by atoms with Crippen molar-refractivity contribution in [2.45, 2.75) is 38.9 Å². The fourth-order valence-electron chi connectivity index (χ4n) is 2.36. The van der Waals surface area contributed by atoms with E-state index in [1.165, 1.54) is 0 Å². The van der Waals surface area contributed by atoms with Crippen LogP contribution >= 0.6 is 0 Å². The summed E-state index contributed by atoms with van der Waals surface area (Å²) in [5.74, 6) is 0.502. The van der Waals surface area contributed by atoms with Crippen LogP contribution in [0.4, 0.5) is 0 Å². The third kappa shape index (κ3) is 5.22. The van der Waals surface area contributed by atoms with Crippen molar-refractivity contribution in [1.29, 1.82) is 0 Å². The molecule has 0 saturated carbocycles. The number of nitrogens with two attached hydrogens (primary N) is 1. The first-order valence-electron chi connectivity index (χ1n) is 6.58. The number of morpholine rings is 1. The van der Waals surface area contributed by atoms with E-state index in [0.29, 0.717) is 13.0 Å². The van der Waals surface area contributed by atoms with Crippen LogP contribution in [0.2, 0.25) is 0 Å². The van der Waals surface area contributed by atoms with E-state index in [2.05, 4.69) is 4.90 Å². The van der Waals surface area contributed by atoms with E-state index < -0.39 is 9.84 Å². The Morgan fingerprint density at radius 3 is 2.67 bits per heavy atom. The van der Waals surface area contributed by atoms with Crippen molar-refractivity contribution < 1.29 is 13.2 Å². The smallest absolute Gasteiger partial charge is 0.150 e. The maximum absolute atomic E-state index is 11.4. The molecule has 1 rings (SSSR count). The SMILES string of the molecule is CCS(=O)(=O)CCCN1CC(CN)OC(C)(C)C1. The Balaban J connectivity index is 2.42. The first kappa shape index (κ1) is 15.9. The van der Waals surface area contributed by atoms with E-state index >= 15 is 0 Å². The van der Waals surface area contributed by atoms with Crippen LogP contribution in [-0.2, 0) is 14.6 Å². The molecular formula is C12H26N2O3S. The van der Waals surface area contributed by atoms with Gasteiger partial charge in [0.15, 0.2) is 0 Å². The topological polar surface area (TPSA) is 72.6 Å². The van der Waals surface area contributed by atoms with Gasteiger partial charge in [0.2, 0.25) is 0 Å². The summed E-state index contributed by atoms with van der Waals surface area (Å²) in [5.41, 5.74) is 5.46. The summed E-state index contributed by atoms with van der Waals surface area (Å²) in [6, 6.07) is 0. The highest BCUT2D eigenvalue weighted by atomic mass is 32.2. The predicted octanol–water partition coefficient (Wildman–Crippen LogP) is 0.249. The normalized spacial score (nSPS) is 25.2.